The standard InChI is InChI=1S/C28H26N4O3/c1-20-9-11-21(12-10-20)25-18-23(22-6-2-3-7-24(22)30-25)28(34)35-19-27(33)32-16-14-31(15-17-32)26-8-4-5-13-29-26/h2-13,18H,14-17,19H2,1H3. The summed E-state index contributed by atoms with van der Waals surface area (Å²) in [5, 5.41) is 0.699. The monoisotopic (exact) mass is 466 g/mol. The van der Waals surface area contributed by atoms with Crippen LogP contribution in [0.15, 0.2) is 79.0 Å². The number of anilines is 1. The average Bonchev–Trinajstić information content (AvgIpc) is 2.92. The highest BCUT2D eigenvalue weighted by molar-refractivity contribution is 6.05. The smallest absolute Gasteiger partial charge is 0.339 e. The molecule has 2 aromatic carbocycles. The second-order valence-corrected chi connectivity index (χ2v) is 8.57. The quantitative estimate of drug-likeness (QED) is 0.412. The number of hydrogen-bond acceptors (Lipinski definition) is 6. The number of aryl methyl sites for hydroxylation is 1. The van der Waals surface area contributed by atoms with E-state index in [0.717, 1.165) is 16.9 Å². The SMILES string of the molecule is Cc1ccc(-c2cc(C(=O)OCC(=O)N3CCN(c4ccccn4)CC3)c3ccccc3n2)cc1. The van der Waals surface area contributed by atoms with Gasteiger partial charge < -0.3 is 14.5 Å². The zero-order valence-electron chi connectivity index (χ0n) is 19.6. The topological polar surface area (TPSA) is 75.6 Å². The molecule has 2 aromatic heterocycles. The second kappa shape index (κ2) is 9.93. The van der Waals surface area contributed by atoms with Crippen LogP contribution >= 0.6 is 0 Å². The molecule has 0 saturated carbocycles. The van der Waals surface area contributed by atoms with Gasteiger partial charge in [0, 0.05) is 43.3 Å². The molecule has 35 heavy (non-hydrogen) atoms. The van der Waals surface area contributed by atoms with Crippen LogP contribution in [0.25, 0.3) is 22.2 Å². The third-order valence-corrected chi connectivity index (χ3v) is 6.22. The number of hydrogen-bond donors (Lipinski definition) is 0. The van der Waals surface area contributed by atoms with Crippen LogP contribution in [-0.2, 0) is 9.53 Å². The van der Waals surface area contributed by atoms with Gasteiger partial charge in [-0.2, -0.15) is 0 Å². The summed E-state index contributed by atoms with van der Waals surface area (Å²) >= 11 is 0. The van der Waals surface area contributed by atoms with Crippen LogP contribution in [0.5, 0.6) is 0 Å². The molecule has 1 aliphatic rings. The van der Waals surface area contributed by atoms with Crippen LogP contribution in [0.1, 0.15) is 15.9 Å². The second-order valence-electron chi connectivity index (χ2n) is 8.57. The van der Waals surface area contributed by atoms with Crippen molar-refractivity contribution in [2.75, 3.05) is 37.7 Å². The van der Waals surface area contributed by atoms with Gasteiger partial charge in [-0.25, -0.2) is 14.8 Å². The van der Waals surface area contributed by atoms with Gasteiger partial charge in [0.05, 0.1) is 16.8 Å². The lowest BCUT2D eigenvalue weighted by atomic mass is 10.0. The van der Waals surface area contributed by atoms with Crippen LogP contribution in [0.4, 0.5) is 5.82 Å². The summed E-state index contributed by atoms with van der Waals surface area (Å²) < 4.78 is 5.49. The first-order chi connectivity index (χ1) is 17.1. The van der Waals surface area contributed by atoms with E-state index in [-0.39, 0.29) is 12.5 Å². The summed E-state index contributed by atoms with van der Waals surface area (Å²) in [7, 11) is 0. The maximum Gasteiger partial charge on any atom is 0.339 e. The molecule has 0 aliphatic carbocycles. The van der Waals surface area contributed by atoms with Crippen molar-refractivity contribution < 1.29 is 14.3 Å². The molecule has 0 spiro atoms. The maximum absolute atomic E-state index is 13.1. The van der Waals surface area contributed by atoms with Gasteiger partial charge in [-0.1, -0.05) is 54.1 Å². The molecule has 176 valence electrons. The number of aromatic nitrogens is 2. The predicted molar refractivity (Wildman–Crippen MR) is 135 cm³/mol. The van der Waals surface area contributed by atoms with Gasteiger partial charge in [-0.15, -0.1) is 0 Å². The number of rotatable bonds is 5. The highest BCUT2D eigenvalue weighted by Gasteiger charge is 2.23. The summed E-state index contributed by atoms with van der Waals surface area (Å²) in [6, 6.07) is 23.0. The Kier molecular flexibility index (Phi) is 6.39. The van der Waals surface area contributed by atoms with Crippen LogP contribution in [0.3, 0.4) is 0 Å². The van der Waals surface area contributed by atoms with E-state index >= 15 is 0 Å². The van der Waals surface area contributed by atoms with E-state index in [1.165, 1.54) is 0 Å². The number of fused-ring (bicyclic) bond motifs is 1. The molecule has 7 nitrogen and oxygen atoms in total. The number of carbonyl (C=O) groups excluding carboxylic acids is 2. The van der Waals surface area contributed by atoms with Crippen molar-refractivity contribution >= 4 is 28.6 Å². The fourth-order valence-corrected chi connectivity index (χ4v) is 4.24. The Hall–Kier alpha value is -4.26. The lowest BCUT2D eigenvalue weighted by Crippen LogP contribution is -2.50. The molecule has 4 aromatic rings. The van der Waals surface area contributed by atoms with Gasteiger partial charge in [0.2, 0.25) is 0 Å². The van der Waals surface area contributed by atoms with Crippen molar-refractivity contribution in [2.45, 2.75) is 6.92 Å². The third-order valence-electron chi connectivity index (χ3n) is 6.22. The zero-order chi connectivity index (χ0) is 24.2. The van der Waals surface area contributed by atoms with E-state index in [9.17, 15) is 9.59 Å². The molecule has 0 N–H and O–H groups in total. The minimum atomic E-state index is -0.530. The van der Waals surface area contributed by atoms with Crippen LogP contribution < -0.4 is 4.90 Å². The number of ether oxygens (including phenoxy) is 1. The molecule has 0 radical (unpaired) electrons. The number of amides is 1. The van der Waals surface area contributed by atoms with E-state index in [1.54, 1.807) is 17.2 Å². The highest BCUT2D eigenvalue weighted by Crippen LogP contribution is 2.26. The van der Waals surface area contributed by atoms with Crippen molar-refractivity contribution in [1.29, 1.82) is 0 Å². The van der Waals surface area contributed by atoms with Gasteiger partial charge in [0.1, 0.15) is 5.82 Å². The molecule has 7 heteroatoms. The maximum atomic E-state index is 13.1. The van der Waals surface area contributed by atoms with Crippen molar-refractivity contribution in [1.82, 2.24) is 14.9 Å². The van der Waals surface area contributed by atoms with E-state index in [4.69, 9.17) is 9.72 Å². The molecule has 1 saturated heterocycles. The lowest BCUT2D eigenvalue weighted by molar-refractivity contribution is -0.134. The molecule has 0 unspecified atom stereocenters. The van der Waals surface area contributed by atoms with E-state index in [2.05, 4.69) is 9.88 Å². The van der Waals surface area contributed by atoms with Crippen molar-refractivity contribution in [3.05, 3.63) is 90.1 Å². The lowest BCUT2D eigenvalue weighted by Gasteiger charge is -2.35. The summed E-state index contributed by atoms with van der Waals surface area (Å²) in [5.74, 6) is 0.175. The number of benzene rings is 2. The normalized spacial score (nSPS) is 13.6. The Labute approximate surface area is 204 Å². The number of esters is 1. The number of nitrogens with zero attached hydrogens (tertiary/aromatic N) is 4. The number of para-hydroxylation sites is 1. The van der Waals surface area contributed by atoms with Gasteiger partial charge in [-0.3, -0.25) is 4.79 Å². The van der Waals surface area contributed by atoms with Gasteiger partial charge >= 0.3 is 5.97 Å². The number of carbonyl (C=O) groups is 2. The fraction of sp³-hybridized carbons (Fsp3) is 0.214. The Morgan fingerprint density at radius 3 is 2.40 bits per heavy atom. The molecular formula is C28H26N4O3. The van der Waals surface area contributed by atoms with Crippen LogP contribution in [0.2, 0.25) is 0 Å². The molecule has 0 atom stereocenters. The molecule has 0 bridgehead atoms. The fourth-order valence-electron chi connectivity index (χ4n) is 4.24. The molecule has 1 amide bonds. The third kappa shape index (κ3) is 4.99. The predicted octanol–water partition coefficient (Wildman–Crippen LogP) is 4.11. The Morgan fingerprint density at radius 1 is 0.914 bits per heavy atom. The summed E-state index contributed by atoms with van der Waals surface area (Å²) in [6.07, 6.45) is 1.76. The first-order valence-corrected chi connectivity index (χ1v) is 11.7. The van der Waals surface area contributed by atoms with E-state index < -0.39 is 5.97 Å². The largest absolute Gasteiger partial charge is 0.452 e. The van der Waals surface area contributed by atoms with Crippen molar-refractivity contribution in [3.63, 3.8) is 0 Å². The van der Waals surface area contributed by atoms with Crippen molar-refractivity contribution in [2.24, 2.45) is 0 Å². The summed E-state index contributed by atoms with van der Waals surface area (Å²) in [6.45, 7) is 4.22. The van der Waals surface area contributed by atoms with Crippen LogP contribution in [-0.4, -0.2) is 59.5 Å². The highest BCUT2D eigenvalue weighted by atomic mass is 16.5. The number of pyridine rings is 2. The average molecular weight is 467 g/mol. The minimum Gasteiger partial charge on any atom is -0.452 e. The Balaban J connectivity index is 1.27. The summed E-state index contributed by atoms with van der Waals surface area (Å²) in [4.78, 5) is 38.8. The first kappa shape index (κ1) is 22.5. The van der Waals surface area contributed by atoms with Gasteiger partial charge in [0.15, 0.2) is 6.61 Å². The van der Waals surface area contributed by atoms with Gasteiger partial charge in [0.25, 0.3) is 5.91 Å². The first-order valence-electron chi connectivity index (χ1n) is 11.7. The van der Waals surface area contributed by atoms with Crippen molar-refractivity contribution in [3.8, 4) is 11.3 Å². The van der Waals surface area contributed by atoms with E-state index in [0.29, 0.717) is 48.3 Å². The molecular weight excluding hydrogens is 440 g/mol. The molecule has 3 heterocycles. The Bertz CT molecular complexity index is 1350. The molecule has 1 fully saturated rings. The van der Waals surface area contributed by atoms with E-state index in [1.807, 2.05) is 73.7 Å². The van der Waals surface area contributed by atoms with Gasteiger partial charge in [-0.05, 0) is 31.2 Å². The number of piperazine rings is 1. The summed E-state index contributed by atoms with van der Waals surface area (Å²) in [5.41, 5.74) is 3.85. The van der Waals surface area contributed by atoms with Crippen LogP contribution in [0, 0.1) is 6.92 Å². The minimum absolute atomic E-state index is 0.198. The Morgan fingerprint density at radius 2 is 1.66 bits per heavy atom. The molecule has 1 aliphatic heterocycles. The zero-order valence-corrected chi connectivity index (χ0v) is 19.6. The molecule has 5 rings (SSSR count).